The van der Waals surface area contributed by atoms with Crippen LogP contribution in [-0.2, 0) is 0 Å². The number of hydrogen-bond donors (Lipinski definition) is 0. The summed E-state index contributed by atoms with van der Waals surface area (Å²) >= 11 is 0. The normalized spacial score (nSPS) is 11.5. The van der Waals surface area contributed by atoms with E-state index in [0.29, 0.717) is 0 Å². The number of hydrogen-bond acceptors (Lipinski definition) is 2. The van der Waals surface area contributed by atoms with Gasteiger partial charge in [-0.2, -0.15) is 0 Å². The highest BCUT2D eigenvalue weighted by molar-refractivity contribution is 6.11. The molecule has 0 atom stereocenters. The van der Waals surface area contributed by atoms with Gasteiger partial charge in [-0.15, -0.1) is 0 Å². The predicted molar refractivity (Wildman–Crippen MR) is 315 cm³/mol. The maximum Gasteiger partial charge on any atom is 0.135 e. The van der Waals surface area contributed by atoms with Gasteiger partial charge >= 0.3 is 0 Å². The molecule has 0 bridgehead atoms. The van der Waals surface area contributed by atoms with Gasteiger partial charge in [0.25, 0.3) is 0 Å². The molecule has 0 spiro atoms. The molecule has 3 nitrogen and oxygen atoms in total. The van der Waals surface area contributed by atoms with Gasteiger partial charge in [0, 0.05) is 44.3 Å². The minimum absolute atomic E-state index is 0.887. The van der Waals surface area contributed by atoms with Gasteiger partial charge in [0.15, 0.2) is 0 Å². The smallest absolute Gasteiger partial charge is 0.135 e. The number of benzene rings is 12. The Kier molecular flexibility index (Phi) is 10.8. The van der Waals surface area contributed by atoms with E-state index in [4.69, 9.17) is 4.42 Å². The highest BCUT2D eigenvalue weighted by Gasteiger charge is 2.18. The van der Waals surface area contributed by atoms with Crippen LogP contribution in [0.5, 0.6) is 0 Å². The van der Waals surface area contributed by atoms with Crippen molar-refractivity contribution < 1.29 is 4.42 Å². The van der Waals surface area contributed by atoms with E-state index in [-0.39, 0.29) is 0 Å². The van der Waals surface area contributed by atoms with Crippen molar-refractivity contribution in [3.63, 3.8) is 0 Å². The van der Waals surface area contributed by atoms with Gasteiger partial charge in [-0.25, -0.2) is 0 Å². The van der Waals surface area contributed by atoms with E-state index in [0.717, 1.165) is 89.2 Å². The molecule has 0 saturated carbocycles. The van der Waals surface area contributed by atoms with Crippen LogP contribution in [0.4, 0.5) is 17.1 Å². The molecular weight excluding hydrogens is 909 g/mol. The molecule has 352 valence electrons. The predicted octanol–water partition coefficient (Wildman–Crippen LogP) is 20.2. The zero-order valence-corrected chi connectivity index (χ0v) is 41.0. The summed E-state index contributed by atoms with van der Waals surface area (Å²) in [7, 11) is 0. The van der Waals surface area contributed by atoms with Crippen molar-refractivity contribution in [3.05, 3.63) is 291 Å². The Balaban J connectivity index is 0.885. The van der Waals surface area contributed by atoms with Crippen LogP contribution in [0.1, 0.15) is 0 Å². The molecule has 0 fully saturated rings. The van der Waals surface area contributed by atoms with Crippen LogP contribution in [0.2, 0.25) is 0 Å². The zero-order valence-electron chi connectivity index (χ0n) is 41.0. The summed E-state index contributed by atoms with van der Waals surface area (Å²) in [6.07, 6.45) is 0. The maximum atomic E-state index is 6.31. The lowest BCUT2D eigenvalue weighted by Gasteiger charge is -2.26. The summed E-state index contributed by atoms with van der Waals surface area (Å²) < 4.78 is 8.68. The van der Waals surface area contributed by atoms with E-state index in [1.807, 2.05) is 12.1 Å². The highest BCUT2D eigenvalue weighted by Crippen LogP contribution is 2.42. The van der Waals surface area contributed by atoms with E-state index in [9.17, 15) is 0 Å². The summed E-state index contributed by atoms with van der Waals surface area (Å²) in [4.78, 5) is 2.36. The van der Waals surface area contributed by atoms with Crippen LogP contribution < -0.4 is 4.90 Å². The number of aromatic nitrogens is 1. The number of furan rings is 1. The molecule has 2 aromatic heterocycles. The average molecular weight is 957 g/mol. The molecule has 0 aliphatic carbocycles. The lowest BCUT2D eigenvalue weighted by Crippen LogP contribution is -2.10. The molecular formula is C72H48N2O. The largest absolute Gasteiger partial charge is 0.456 e. The molecule has 0 N–H and O–H groups in total. The molecule has 0 amide bonds. The fourth-order valence-electron chi connectivity index (χ4n) is 11.1. The van der Waals surface area contributed by atoms with Gasteiger partial charge < -0.3 is 13.9 Å². The van der Waals surface area contributed by atoms with Crippen molar-refractivity contribution in [1.82, 2.24) is 4.57 Å². The molecule has 0 saturated heterocycles. The maximum absolute atomic E-state index is 6.31. The lowest BCUT2D eigenvalue weighted by atomic mass is 9.91. The lowest BCUT2D eigenvalue weighted by molar-refractivity contribution is 0.669. The van der Waals surface area contributed by atoms with Gasteiger partial charge in [0.2, 0.25) is 0 Å². The Hall–Kier alpha value is -9.96. The third-order valence-electron chi connectivity index (χ3n) is 14.8. The van der Waals surface area contributed by atoms with Crippen LogP contribution in [-0.4, -0.2) is 4.57 Å². The molecule has 14 aromatic rings. The summed E-state index contributed by atoms with van der Waals surface area (Å²) in [6, 6.07) is 105. The molecule has 14 rings (SSSR count). The fraction of sp³-hybridized carbons (Fsp3) is 0. The zero-order chi connectivity index (χ0) is 49.7. The number of nitrogens with zero attached hydrogens (tertiary/aromatic N) is 2. The van der Waals surface area contributed by atoms with Crippen LogP contribution in [0.25, 0.3) is 116 Å². The van der Waals surface area contributed by atoms with Gasteiger partial charge in [-0.1, -0.05) is 182 Å². The average Bonchev–Trinajstić information content (AvgIpc) is 4.04. The highest BCUT2D eigenvalue weighted by atomic mass is 16.3. The van der Waals surface area contributed by atoms with Crippen molar-refractivity contribution in [2.75, 3.05) is 4.90 Å². The first-order valence-electron chi connectivity index (χ1n) is 25.6. The van der Waals surface area contributed by atoms with Crippen molar-refractivity contribution in [1.29, 1.82) is 0 Å². The Morgan fingerprint density at radius 2 is 0.640 bits per heavy atom. The van der Waals surface area contributed by atoms with Crippen LogP contribution >= 0.6 is 0 Å². The molecule has 0 aliphatic heterocycles. The van der Waals surface area contributed by atoms with Gasteiger partial charge in [0.1, 0.15) is 11.2 Å². The Labute approximate surface area is 436 Å². The second kappa shape index (κ2) is 18.6. The topological polar surface area (TPSA) is 21.3 Å². The molecule has 0 aliphatic rings. The number of para-hydroxylation sites is 3. The Morgan fingerprint density at radius 1 is 0.227 bits per heavy atom. The third-order valence-corrected chi connectivity index (χ3v) is 14.8. The van der Waals surface area contributed by atoms with Gasteiger partial charge in [-0.3, -0.25) is 0 Å². The third kappa shape index (κ3) is 8.14. The Morgan fingerprint density at radius 3 is 1.28 bits per heavy atom. The second-order valence-electron chi connectivity index (χ2n) is 19.3. The van der Waals surface area contributed by atoms with E-state index < -0.39 is 0 Å². The summed E-state index contributed by atoms with van der Waals surface area (Å²) in [5.41, 5.74) is 22.5. The minimum atomic E-state index is 0.887. The summed E-state index contributed by atoms with van der Waals surface area (Å²) in [5, 5.41) is 4.68. The molecule has 12 aromatic carbocycles. The van der Waals surface area contributed by atoms with Crippen molar-refractivity contribution in [2.45, 2.75) is 0 Å². The van der Waals surface area contributed by atoms with Gasteiger partial charge in [0.05, 0.1) is 11.0 Å². The SMILES string of the molecule is c1ccc(-c2ccc(N(c3ccc(-c4ccccc4)cc3)c3cccc(-c4cccc(-c5cc(-c6ccc7oc8ccccc8c7c6)cc(-c6ccc7c(c6)c6ccccc6n7-c6ccccc6)c5)c4)c3)cc2)cc1. The van der Waals surface area contributed by atoms with Gasteiger partial charge in [-0.05, 0) is 176 Å². The first-order chi connectivity index (χ1) is 37.1. The summed E-state index contributed by atoms with van der Waals surface area (Å²) in [5.74, 6) is 0. The first-order valence-corrected chi connectivity index (χ1v) is 25.6. The Bertz CT molecular complexity index is 4300. The molecule has 0 unspecified atom stereocenters. The number of fused-ring (bicyclic) bond motifs is 6. The number of rotatable bonds is 10. The van der Waals surface area contributed by atoms with E-state index in [1.165, 1.54) is 44.1 Å². The molecule has 2 heterocycles. The van der Waals surface area contributed by atoms with Crippen molar-refractivity contribution >= 4 is 60.8 Å². The minimum Gasteiger partial charge on any atom is -0.456 e. The monoisotopic (exact) mass is 956 g/mol. The fourth-order valence-corrected chi connectivity index (χ4v) is 11.1. The van der Waals surface area contributed by atoms with Crippen molar-refractivity contribution in [3.8, 4) is 72.4 Å². The molecule has 0 radical (unpaired) electrons. The first kappa shape index (κ1) is 43.8. The number of anilines is 3. The van der Waals surface area contributed by atoms with E-state index in [2.05, 4.69) is 289 Å². The summed E-state index contributed by atoms with van der Waals surface area (Å²) in [6.45, 7) is 0. The van der Waals surface area contributed by atoms with Crippen LogP contribution in [0, 0.1) is 0 Å². The van der Waals surface area contributed by atoms with E-state index in [1.54, 1.807) is 0 Å². The molecule has 3 heteroatoms. The van der Waals surface area contributed by atoms with Crippen LogP contribution in [0.15, 0.2) is 296 Å². The van der Waals surface area contributed by atoms with Crippen LogP contribution in [0.3, 0.4) is 0 Å². The molecule has 75 heavy (non-hydrogen) atoms. The standard InChI is InChI=1S/C72H48N2O/c1-4-16-49(17-5-1)51-30-36-62(37-31-51)73(63-38-32-52(33-39-63)50-18-6-2-7-19-50)64-25-15-22-55(46-64)53-20-14-21-54(42-53)58-43-59(45-60(44-58)57-35-41-72-68(48-57)66-27-11-13-29-71(66)75-72)56-34-40-70-67(47-56)65-26-10-12-28-69(65)74(70)61-23-8-3-9-24-61/h1-48H. The second-order valence-corrected chi connectivity index (χ2v) is 19.3. The quantitative estimate of drug-likeness (QED) is 0.136. The van der Waals surface area contributed by atoms with E-state index >= 15 is 0 Å². The van der Waals surface area contributed by atoms with Crippen molar-refractivity contribution in [2.24, 2.45) is 0 Å².